The van der Waals surface area contributed by atoms with Crippen LogP contribution in [0.2, 0.25) is 0 Å². The van der Waals surface area contributed by atoms with Crippen LogP contribution < -0.4 is 10.6 Å². The molecule has 1 saturated carbocycles. The van der Waals surface area contributed by atoms with E-state index in [2.05, 4.69) is 22.5 Å². The molecule has 1 heterocycles. The van der Waals surface area contributed by atoms with Crippen molar-refractivity contribution < 1.29 is 13.2 Å². The van der Waals surface area contributed by atoms with Crippen molar-refractivity contribution in [1.29, 1.82) is 0 Å². The third-order valence-electron chi connectivity index (χ3n) is 6.28. The van der Waals surface area contributed by atoms with Gasteiger partial charge in [-0.1, -0.05) is 37.6 Å². The zero-order valence-electron chi connectivity index (χ0n) is 17.6. The van der Waals surface area contributed by atoms with Crippen LogP contribution in [0.1, 0.15) is 43.7 Å². The molecule has 1 saturated heterocycles. The minimum absolute atomic E-state index is 0.00975. The summed E-state index contributed by atoms with van der Waals surface area (Å²) in [5, 5.41) is 6.80. The highest BCUT2D eigenvalue weighted by Crippen LogP contribution is 2.42. The van der Waals surface area contributed by atoms with E-state index in [1.807, 2.05) is 24.3 Å². The van der Waals surface area contributed by atoms with Gasteiger partial charge in [0, 0.05) is 33.2 Å². The van der Waals surface area contributed by atoms with E-state index in [9.17, 15) is 8.42 Å². The van der Waals surface area contributed by atoms with Crippen LogP contribution in [-0.2, 0) is 27.1 Å². The molecular formula is C21H34N4O3S. The molecule has 0 spiro atoms. The summed E-state index contributed by atoms with van der Waals surface area (Å²) in [7, 11) is -1.58. The zero-order valence-corrected chi connectivity index (χ0v) is 18.4. The Kier molecular flexibility index (Phi) is 7.54. The van der Waals surface area contributed by atoms with Gasteiger partial charge in [0.05, 0.1) is 19.0 Å². The molecule has 0 amide bonds. The fourth-order valence-electron chi connectivity index (χ4n) is 3.99. The largest absolute Gasteiger partial charge is 0.379 e. The molecule has 0 aromatic heterocycles. The predicted molar refractivity (Wildman–Crippen MR) is 116 cm³/mol. The summed E-state index contributed by atoms with van der Waals surface area (Å²) < 4.78 is 32.4. The lowest BCUT2D eigenvalue weighted by molar-refractivity contribution is 0.0729. The monoisotopic (exact) mass is 422 g/mol. The molecule has 29 heavy (non-hydrogen) atoms. The molecule has 3 rings (SSSR count). The summed E-state index contributed by atoms with van der Waals surface area (Å²) in [5.41, 5.74) is 2.20. The van der Waals surface area contributed by atoms with E-state index >= 15 is 0 Å². The van der Waals surface area contributed by atoms with E-state index in [0.717, 1.165) is 23.6 Å². The van der Waals surface area contributed by atoms with Gasteiger partial charge in [-0.3, -0.25) is 4.99 Å². The number of nitrogens with zero attached hydrogens (tertiary/aromatic N) is 2. The summed E-state index contributed by atoms with van der Waals surface area (Å²) in [6.07, 6.45) is 5.04. The van der Waals surface area contributed by atoms with Gasteiger partial charge in [0.1, 0.15) is 0 Å². The number of ether oxygens (including phenoxy) is 1. The van der Waals surface area contributed by atoms with Crippen LogP contribution in [0.25, 0.3) is 0 Å². The summed E-state index contributed by atoms with van der Waals surface area (Å²) in [6, 6.07) is 7.70. The molecule has 1 aliphatic carbocycles. The number of benzene rings is 1. The molecule has 1 aromatic rings. The number of morpholine rings is 1. The Morgan fingerprint density at radius 1 is 1.17 bits per heavy atom. The van der Waals surface area contributed by atoms with Crippen molar-refractivity contribution in [3.8, 4) is 0 Å². The number of hydrogen-bond acceptors (Lipinski definition) is 4. The quantitative estimate of drug-likeness (QED) is 0.495. The normalized spacial score (nSPS) is 20.1. The van der Waals surface area contributed by atoms with Gasteiger partial charge < -0.3 is 15.4 Å². The number of hydrogen-bond donors (Lipinski definition) is 2. The molecule has 0 bridgehead atoms. The van der Waals surface area contributed by atoms with Crippen molar-refractivity contribution in [2.75, 3.05) is 39.9 Å². The van der Waals surface area contributed by atoms with Crippen LogP contribution in [0.3, 0.4) is 0 Å². The Morgan fingerprint density at radius 2 is 1.86 bits per heavy atom. The van der Waals surface area contributed by atoms with Gasteiger partial charge in [-0.15, -0.1) is 0 Å². The van der Waals surface area contributed by atoms with E-state index in [-0.39, 0.29) is 5.75 Å². The van der Waals surface area contributed by atoms with Crippen LogP contribution in [0.5, 0.6) is 0 Å². The second-order valence-corrected chi connectivity index (χ2v) is 9.99. The van der Waals surface area contributed by atoms with Crippen molar-refractivity contribution in [3.63, 3.8) is 0 Å². The van der Waals surface area contributed by atoms with Crippen LogP contribution in [-0.4, -0.2) is 58.6 Å². The Balaban J connectivity index is 1.59. The van der Waals surface area contributed by atoms with Crippen LogP contribution >= 0.6 is 0 Å². The second kappa shape index (κ2) is 9.91. The maximum absolute atomic E-state index is 12.8. The van der Waals surface area contributed by atoms with Gasteiger partial charge in [-0.25, -0.2) is 8.42 Å². The molecule has 1 aliphatic heterocycles. The minimum atomic E-state index is -3.35. The first-order valence-corrected chi connectivity index (χ1v) is 12.2. The van der Waals surface area contributed by atoms with Crippen LogP contribution in [0.15, 0.2) is 29.3 Å². The van der Waals surface area contributed by atoms with Gasteiger partial charge >= 0.3 is 0 Å². The molecule has 8 heteroatoms. The van der Waals surface area contributed by atoms with Crippen LogP contribution in [0.4, 0.5) is 0 Å². The number of guanidine groups is 1. The molecule has 0 radical (unpaired) electrons. The lowest BCUT2D eigenvalue weighted by Gasteiger charge is -2.41. The molecule has 2 fully saturated rings. The average Bonchev–Trinajstić information content (AvgIpc) is 2.71. The topological polar surface area (TPSA) is 83.0 Å². The van der Waals surface area contributed by atoms with Crippen molar-refractivity contribution in [3.05, 3.63) is 35.4 Å². The van der Waals surface area contributed by atoms with Crippen molar-refractivity contribution in [1.82, 2.24) is 14.9 Å². The van der Waals surface area contributed by atoms with Crippen molar-refractivity contribution in [2.45, 2.75) is 44.9 Å². The number of nitrogens with one attached hydrogen (secondary N) is 2. The fourth-order valence-corrected chi connectivity index (χ4v) is 5.55. The SMILES string of the molecule is CCC1(CNC(=NC)NCc2ccccc2CS(=O)(=O)N2CCOCC2)CCC1. The Morgan fingerprint density at radius 3 is 2.45 bits per heavy atom. The zero-order chi connectivity index (χ0) is 20.7. The van der Waals surface area contributed by atoms with Gasteiger partial charge in [-0.05, 0) is 35.8 Å². The van der Waals surface area contributed by atoms with E-state index < -0.39 is 10.0 Å². The first-order valence-electron chi connectivity index (χ1n) is 10.5. The smallest absolute Gasteiger partial charge is 0.218 e. The first-order chi connectivity index (χ1) is 14.0. The minimum Gasteiger partial charge on any atom is -0.379 e. The molecule has 7 nitrogen and oxygen atoms in total. The summed E-state index contributed by atoms with van der Waals surface area (Å²) in [5.74, 6) is 0.770. The lowest BCUT2D eigenvalue weighted by Crippen LogP contribution is -2.46. The third-order valence-corrected chi connectivity index (χ3v) is 8.11. The Hall–Kier alpha value is -1.64. The molecule has 162 valence electrons. The van der Waals surface area contributed by atoms with E-state index in [0.29, 0.717) is 38.3 Å². The molecule has 0 atom stereocenters. The number of rotatable bonds is 8. The maximum Gasteiger partial charge on any atom is 0.218 e. The van der Waals surface area contributed by atoms with Gasteiger partial charge in [0.25, 0.3) is 0 Å². The highest BCUT2D eigenvalue weighted by molar-refractivity contribution is 7.88. The lowest BCUT2D eigenvalue weighted by atomic mass is 9.67. The van der Waals surface area contributed by atoms with E-state index in [1.165, 1.54) is 30.0 Å². The molecule has 2 aliphatic rings. The Bertz CT molecular complexity index is 794. The van der Waals surface area contributed by atoms with E-state index in [1.54, 1.807) is 7.05 Å². The van der Waals surface area contributed by atoms with Gasteiger partial charge in [0.15, 0.2) is 5.96 Å². The van der Waals surface area contributed by atoms with Crippen molar-refractivity contribution >= 4 is 16.0 Å². The molecule has 0 unspecified atom stereocenters. The predicted octanol–water partition coefficient (Wildman–Crippen LogP) is 2.09. The number of sulfonamides is 1. The Labute approximate surface area is 175 Å². The molecule has 2 N–H and O–H groups in total. The summed E-state index contributed by atoms with van der Waals surface area (Å²) >= 11 is 0. The second-order valence-electron chi connectivity index (χ2n) is 8.02. The summed E-state index contributed by atoms with van der Waals surface area (Å²) in [4.78, 5) is 4.33. The maximum atomic E-state index is 12.8. The average molecular weight is 423 g/mol. The number of aliphatic imine (C=N–C) groups is 1. The fraction of sp³-hybridized carbons (Fsp3) is 0.667. The first kappa shape index (κ1) is 22.1. The van der Waals surface area contributed by atoms with Gasteiger partial charge in [0.2, 0.25) is 10.0 Å². The summed E-state index contributed by atoms with van der Waals surface area (Å²) in [6.45, 7) is 5.50. The highest BCUT2D eigenvalue weighted by atomic mass is 32.2. The van der Waals surface area contributed by atoms with Crippen molar-refractivity contribution in [2.24, 2.45) is 10.4 Å². The third kappa shape index (κ3) is 5.71. The van der Waals surface area contributed by atoms with E-state index in [4.69, 9.17) is 4.74 Å². The standard InChI is InChI=1S/C21H34N4O3S/c1-3-21(9-6-10-21)17-24-20(22-2)23-15-18-7-4-5-8-19(18)16-29(26,27)25-11-13-28-14-12-25/h4-5,7-8H,3,6,9-17H2,1-2H3,(H2,22,23,24). The molecule has 1 aromatic carbocycles. The van der Waals surface area contributed by atoms with Crippen LogP contribution in [0, 0.1) is 5.41 Å². The molecular weight excluding hydrogens is 388 g/mol. The highest BCUT2D eigenvalue weighted by Gasteiger charge is 2.34. The van der Waals surface area contributed by atoms with Gasteiger partial charge in [-0.2, -0.15) is 4.31 Å².